The van der Waals surface area contributed by atoms with Crippen LogP contribution in [0.5, 0.6) is 0 Å². The van der Waals surface area contributed by atoms with Crippen LogP contribution in [-0.4, -0.2) is 16.1 Å². The Morgan fingerprint density at radius 1 is 1.19 bits per heavy atom. The molecule has 0 saturated heterocycles. The maximum absolute atomic E-state index is 11.6. The molecule has 0 fully saturated rings. The lowest BCUT2D eigenvalue weighted by molar-refractivity contribution is -0.138. The standard InChI is InChI=1S/C16H12BrNO2S/c17-12-6-2-1-5-10(12)9-11(16(19)20)15-18-13-7-3-4-8-14(13)21-15/h1-8,11H,9H2,(H,19,20). The van der Waals surface area contributed by atoms with E-state index in [4.69, 9.17) is 0 Å². The fourth-order valence-corrected chi connectivity index (χ4v) is 3.71. The monoisotopic (exact) mass is 361 g/mol. The zero-order chi connectivity index (χ0) is 14.8. The average molecular weight is 362 g/mol. The van der Waals surface area contributed by atoms with E-state index in [0.29, 0.717) is 11.4 Å². The Hall–Kier alpha value is -1.72. The third-order valence-electron chi connectivity index (χ3n) is 3.29. The number of rotatable bonds is 4. The van der Waals surface area contributed by atoms with E-state index in [1.807, 2.05) is 48.5 Å². The number of hydrogen-bond donors (Lipinski definition) is 1. The summed E-state index contributed by atoms with van der Waals surface area (Å²) < 4.78 is 1.95. The van der Waals surface area contributed by atoms with Gasteiger partial charge in [-0.15, -0.1) is 11.3 Å². The quantitative estimate of drug-likeness (QED) is 0.745. The SMILES string of the molecule is O=C(O)C(Cc1ccccc1Br)c1nc2ccccc2s1. The Balaban J connectivity index is 1.98. The molecular weight excluding hydrogens is 350 g/mol. The molecule has 0 amide bonds. The van der Waals surface area contributed by atoms with Gasteiger partial charge in [0.2, 0.25) is 0 Å². The molecular formula is C16H12BrNO2S. The molecule has 1 aromatic heterocycles. The van der Waals surface area contributed by atoms with Crippen LogP contribution >= 0.6 is 27.3 Å². The van der Waals surface area contributed by atoms with Crippen LogP contribution in [0.1, 0.15) is 16.5 Å². The summed E-state index contributed by atoms with van der Waals surface area (Å²) in [6.07, 6.45) is 0.427. The Bertz CT molecular complexity index is 767. The molecule has 5 heteroatoms. The highest BCUT2D eigenvalue weighted by Crippen LogP contribution is 2.31. The number of aliphatic carboxylic acids is 1. The molecule has 1 unspecified atom stereocenters. The normalized spacial score (nSPS) is 12.4. The Morgan fingerprint density at radius 3 is 2.62 bits per heavy atom. The first-order valence-electron chi connectivity index (χ1n) is 6.47. The molecule has 106 valence electrons. The third kappa shape index (κ3) is 2.99. The third-order valence-corrected chi connectivity index (χ3v) is 5.21. The van der Waals surface area contributed by atoms with E-state index in [2.05, 4.69) is 20.9 Å². The summed E-state index contributed by atoms with van der Waals surface area (Å²) in [7, 11) is 0. The van der Waals surface area contributed by atoms with Crippen LogP contribution in [0.2, 0.25) is 0 Å². The number of carboxylic acids is 1. The number of carbonyl (C=O) groups is 1. The van der Waals surface area contributed by atoms with E-state index in [1.54, 1.807) is 0 Å². The van der Waals surface area contributed by atoms with Crippen LogP contribution in [0.3, 0.4) is 0 Å². The van der Waals surface area contributed by atoms with Crippen molar-refractivity contribution in [1.29, 1.82) is 0 Å². The number of fused-ring (bicyclic) bond motifs is 1. The minimum atomic E-state index is -0.843. The average Bonchev–Trinajstić information content (AvgIpc) is 2.89. The van der Waals surface area contributed by atoms with Gasteiger partial charge in [-0.2, -0.15) is 0 Å². The van der Waals surface area contributed by atoms with Crippen molar-refractivity contribution >= 4 is 43.5 Å². The summed E-state index contributed by atoms with van der Waals surface area (Å²) in [4.78, 5) is 16.1. The molecule has 2 aromatic carbocycles. The van der Waals surface area contributed by atoms with Crippen molar-refractivity contribution in [2.75, 3.05) is 0 Å². The van der Waals surface area contributed by atoms with Crippen molar-refractivity contribution in [2.24, 2.45) is 0 Å². The van der Waals surface area contributed by atoms with E-state index in [9.17, 15) is 9.90 Å². The van der Waals surface area contributed by atoms with Crippen LogP contribution in [0, 0.1) is 0 Å². The Labute approximate surface area is 134 Å². The summed E-state index contributed by atoms with van der Waals surface area (Å²) in [5.41, 5.74) is 1.83. The van der Waals surface area contributed by atoms with E-state index >= 15 is 0 Å². The van der Waals surface area contributed by atoms with Gasteiger partial charge >= 0.3 is 5.97 Å². The highest BCUT2D eigenvalue weighted by atomic mass is 79.9. The summed E-state index contributed by atoms with van der Waals surface area (Å²) in [6.45, 7) is 0. The van der Waals surface area contributed by atoms with Crippen molar-refractivity contribution in [3.63, 3.8) is 0 Å². The number of carboxylic acid groups (broad SMARTS) is 1. The number of thiazole rings is 1. The zero-order valence-electron chi connectivity index (χ0n) is 11.0. The lowest BCUT2D eigenvalue weighted by atomic mass is 10.00. The molecule has 0 spiro atoms. The van der Waals surface area contributed by atoms with Gasteiger partial charge in [0.25, 0.3) is 0 Å². The predicted octanol–water partition coefficient (Wildman–Crippen LogP) is 4.47. The van der Waals surface area contributed by atoms with Gasteiger partial charge in [0.05, 0.1) is 10.2 Å². The second-order valence-corrected chi connectivity index (χ2v) is 6.62. The van der Waals surface area contributed by atoms with E-state index in [0.717, 1.165) is 20.3 Å². The Morgan fingerprint density at radius 2 is 1.90 bits per heavy atom. The van der Waals surface area contributed by atoms with Crippen molar-refractivity contribution in [3.05, 3.63) is 63.6 Å². The molecule has 3 aromatic rings. The van der Waals surface area contributed by atoms with Gasteiger partial charge < -0.3 is 5.11 Å². The van der Waals surface area contributed by atoms with Crippen molar-refractivity contribution < 1.29 is 9.90 Å². The first-order chi connectivity index (χ1) is 10.1. The van der Waals surface area contributed by atoms with Crippen molar-refractivity contribution in [1.82, 2.24) is 4.98 Å². The molecule has 21 heavy (non-hydrogen) atoms. The molecule has 0 aliphatic rings. The van der Waals surface area contributed by atoms with Crippen molar-refractivity contribution in [3.8, 4) is 0 Å². The zero-order valence-corrected chi connectivity index (χ0v) is 13.4. The van der Waals surface area contributed by atoms with Crippen LogP contribution in [0.15, 0.2) is 53.0 Å². The largest absolute Gasteiger partial charge is 0.481 e. The first-order valence-corrected chi connectivity index (χ1v) is 8.08. The molecule has 0 radical (unpaired) electrons. The molecule has 3 rings (SSSR count). The topological polar surface area (TPSA) is 50.2 Å². The van der Waals surface area contributed by atoms with Gasteiger partial charge in [-0.1, -0.05) is 46.3 Å². The van der Waals surface area contributed by atoms with Crippen LogP contribution in [-0.2, 0) is 11.2 Å². The molecule has 1 N–H and O–H groups in total. The summed E-state index contributed by atoms with van der Waals surface area (Å²) >= 11 is 4.92. The fraction of sp³-hybridized carbons (Fsp3) is 0.125. The molecule has 0 aliphatic heterocycles. The lowest BCUT2D eigenvalue weighted by Gasteiger charge is -2.10. The number of halogens is 1. The first kappa shape index (κ1) is 14.2. The second kappa shape index (κ2) is 5.95. The molecule has 0 saturated carbocycles. The van der Waals surface area contributed by atoms with E-state index in [1.165, 1.54) is 11.3 Å². The summed E-state index contributed by atoms with van der Waals surface area (Å²) in [5.74, 6) is -1.47. The van der Waals surface area contributed by atoms with E-state index in [-0.39, 0.29) is 0 Å². The van der Waals surface area contributed by atoms with Gasteiger partial charge in [-0.3, -0.25) is 4.79 Å². The van der Waals surface area contributed by atoms with Gasteiger partial charge in [0.15, 0.2) is 0 Å². The molecule has 0 bridgehead atoms. The van der Waals surface area contributed by atoms with Crippen LogP contribution in [0.4, 0.5) is 0 Å². The van der Waals surface area contributed by atoms with Crippen LogP contribution in [0.25, 0.3) is 10.2 Å². The highest BCUT2D eigenvalue weighted by molar-refractivity contribution is 9.10. The predicted molar refractivity (Wildman–Crippen MR) is 87.8 cm³/mol. The molecule has 1 atom stereocenters. The Kier molecular flexibility index (Phi) is 4.03. The van der Waals surface area contributed by atoms with Gasteiger partial charge in [0, 0.05) is 4.47 Å². The van der Waals surface area contributed by atoms with Gasteiger partial charge in [-0.25, -0.2) is 4.98 Å². The molecule has 1 heterocycles. The number of hydrogen-bond acceptors (Lipinski definition) is 3. The smallest absolute Gasteiger partial charge is 0.313 e. The molecule has 0 aliphatic carbocycles. The number of nitrogens with zero attached hydrogens (tertiary/aromatic N) is 1. The number of benzene rings is 2. The van der Waals surface area contributed by atoms with Crippen LogP contribution < -0.4 is 0 Å². The minimum absolute atomic E-state index is 0.427. The number of para-hydroxylation sites is 1. The highest BCUT2D eigenvalue weighted by Gasteiger charge is 2.24. The second-order valence-electron chi connectivity index (χ2n) is 4.71. The summed E-state index contributed by atoms with van der Waals surface area (Å²) in [5, 5.41) is 10.2. The summed E-state index contributed by atoms with van der Waals surface area (Å²) in [6, 6.07) is 15.4. The fourth-order valence-electron chi connectivity index (χ4n) is 2.20. The van der Waals surface area contributed by atoms with Crippen molar-refractivity contribution in [2.45, 2.75) is 12.3 Å². The maximum atomic E-state index is 11.6. The van der Waals surface area contributed by atoms with Gasteiger partial charge in [0.1, 0.15) is 10.9 Å². The minimum Gasteiger partial charge on any atom is -0.481 e. The molecule has 3 nitrogen and oxygen atoms in total. The lowest BCUT2D eigenvalue weighted by Crippen LogP contribution is -2.14. The number of aromatic nitrogens is 1. The van der Waals surface area contributed by atoms with E-state index < -0.39 is 11.9 Å². The maximum Gasteiger partial charge on any atom is 0.313 e. The van der Waals surface area contributed by atoms with Gasteiger partial charge in [-0.05, 0) is 30.2 Å².